The number of carbonyl (C=O) groups excluding carboxylic acids is 1. The molecule has 0 radical (unpaired) electrons. The van der Waals surface area contributed by atoms with Gasteiger partial charge in [-0.1, -0.05) is 11.6 Å². The van der Waals surface area contributed by atoms with E-state index in [0.717, 1.165) is 25.8 Å². The molecule has 4 nitrogen and oxygen atoms in total. The monoisotopic (exact) mass is 282 g/mol. The van der Waals surface area contributed by atoms with Crippen LogP contribution in [0, 0.1) is 5.92 Å². The van der Waals surface area contributed by atoms with Gasteiger partial charge in [0, 0.05) is 31.2 Å². The Morgan fingerprint density at radius 3 is 2.79 bits per heavy atom. The molecular formula is C14H19ClN2O2. The lowest BCUT2D eigenvalue weighted by Gasteiger charge is -2.18. The number of aliphatic hydroxyl groups excluding tert-OH is 1. The van der Waals surface area contributed by atoms with Crippen molar-refractivity contribution < 1.29 is 9.90 Å². The minimum Gasteiger partial charge on any atom is -0.393 e. The molecule has 2 atom stereocenters. The highest BCUT2D eigenvalue weighted by Gasteiger charge is 2.33. The van der Waals surface area contributed by atoms with Crippen molar-refractivity contribution in [2.24, 2.45) is 5.92 Å². The molecule has 1 aromatic heterocycles. The van der Waals surface area contributed by atoms with E-state index in [9.17, 15) is 9.90 Å². The summed E-state index contributed by atoms with van der Waals surface area (Å²) in [4.78, 5) is 14.4. The third kappa shape index (κ3) is 2.51. The second kappa shape index (κ2) is 4.84. The summed E-state index contributed by atoms with van der Waals surface area (Å²) in [5, 5.41) is 10.2. The molecule has 1 aromatic rings. The summed E-state index contributed by atoms with van der Waals surface area (Å²) >= 11 is 6.04. The molecule has 2 heterocycles. The maximum Gasteiger partial charge on any atom is 0.270 e. The van der Waals surface area contributed by atoms with Gasteiger partial charge >= 0.3 is 0 Å². The van der Waals surface area contributed by atoms with Crippen LogP contribution in [0.1, 0.15) is 42.7 Å². The normalized spacial score (nSPS) is 24.8. The zero-order valence-electron chi connectivity index (χ0n) is 11.1. The second-order valence-electron chi connectivity index (χ2n) is 5.72. The van der Waals surface area contributed by atoms with Crippen LogP contribution in [0.25, 0.3) is 0 Å². The first kappa shape index (κ1) is 13.0. The summed E-state index contributed by atoms with van der Waals surface area (Å²) in [6.45, 7) is 3.16. The maximum atomic E-state index is 12.5. The predicted octanol–water partition coefficient (Wildman–Crippen LogP) is 2.32. The Hall–Kier alpha value is -1.00. The van der Waals surface area contributed by atoms with Crippen molar-refractivity contribution in [3.63, 3.8) is 0 Å². The smallest absolute Gasteiger partial charge is 0.270 e. The van der Waals surface area contributed by atoms with Gasteiger partial charge in [-0.2, -0.15) is 0 Å². The molecule has 3 rings (SSSR count). The molecule has 19 heavy (non-hydrogen) atoms. The van der Waals surface area contributed by atoms with E-state index in [1.807, 2.05) is 15.7 Å². The van der Waals surface area contributed by atoms with Gasteiger partial charge in [0.1, 0.15) is 5.69 Å². The molecule has 1 saturated carbocycles. The van der Waals surface area contributed by atoms with Crippen LogP contribution in [0.4, 0.5) is 0 Å². The first-order valence-electron chi connectivity index (χ1n) is 6.91. The molecular weight excluding hydrogens is 264 g/mol. The summed E-state index contributed by atoms with van der Waals surface area (Å²) in [6.07, 6.45) is 4.63. The highest BCUT2D eigenvalue weighted by molar-refractivity contribution is 6.31. The van der Waals surface area contributed by atoms with E-state index in [-0.39, 0.29) is 17.9 Å². The third-order valence-electron chi connectivity index (χ3n) is 4.17. The van der Waals surface area contributed by atoms with Gasteiger partial charge in [-0.15, -0.1) is 0 Å². The van der Waals surface area contributed by atoms with Crippen molar-refractivity contribution in [3.8, 4) is 0 Å². The van der Waals surface area contributed by atoms with Crippen LogP contribution in [0.2, 0.25) is 5.02 Å². The van der Waals surface area contributed by atoms with Gasteiger partial charge in [0.25, 0.3) is 5.91 Å². The van der Waals surface area contributed by atoms with Gasteiger partial charge in [0.15, 0.2) is 0 Å². The molecule has 2 fully saturated rings. The summed E-state index contributed by atoms with van der Waals surface area (Å²) < 4.78 is 2.01. The van der Waals surface area contributed by atoms with Crippen LogP contribution in [-0.2, 0) is 0 Å². The molecule has 1 aliphatic heterocycles. The molecule has 0 aromatic carbocycles. The molecule has 5 heteroatoms. The van der Waals surface area contributed by atoms with Crippen molar-refractivity contribution >= 4 is 17.5 Å². The fourth-order valence-corrected chi connectivity index (χ4v) is 3.01. The molecule has 1 aliphatic carbocycles. The zero-order valence-corrected chi connectivity index (χ0v) is 11.8. The van der Waals surface area contributed by atoms with Gasteiger partial charge in [-0.05, 0) is 32.3 Å². The first-order valence-corrected chi connectivity index (χ1v) is 7.29. The quantitative estimate of drug-likeness (QED) is 0.925. The number of hydrogen-bond acceptors (Lipinski definition) is 2. The molecule has 104 valence electrons. The van der Waals surface area contributed by atoms with E-state index in [1.54, 1.807) is 13.0 Å². The summed E-state index contributed by atoms with van der Waals surface area (Å²) in [5.74, 6) is 0.241. The van der Waals surface area contributed by atoms with Gasteiger partial charge in [-0.3, -0.25) is 4.79 Å². The van der Waals surface area contributed by atoms with Crippen LogP contribution in [-0.4, -0.2) is 39.7 Å². The van der Waals surface area contributed by atoms with Gasteiger partial charge in [-0.25, -0.2) is 0 Å². The van der Waals surface area contributed by atoms with Crippen molar-refractivity contribution in [3.05, 3.63) is 23.0 Å². The number of halogens is 1. The SMILES string of the molecule is CC(O)C1CCN(C(=O)c2cc(Cl)cn2C2CC2)C1. The lowest BCUT2D eigenvalue weighted by Crippen LogP contribution is -2.31. The van der Waals surface area contributed by atoms with E-state index in [2.05, 4.69) is 0 Å². The summed E-state index contributed by atoms with van der Waals surface area (Å²) in [6, 6.07) is 2.21. The largest absolute Gasteiger partial charge is 0.393 e. The summed E-state index contributed by atoms with van der Waals surface area (Å²) in [7, 11) is 0. The molecule has 0 spiro atoms. The molecule has 1 saturated heterocycles. The Morgan fingerprint density at radius 1 is 1.47 bits per heavy atom. The van der Waals surface area contributed by atoms with Crippen LogP contribution in [0.3, 0.4) is 0 Å². The van der Waals surface area contributed by atoms with Gasteiger partial charge in [0.2, 0.25) is 0 Å². The minimum absolute atomic E-state index is 0.0435. The lowest BCUT2D eigenvalue weighted by molar-refractivity contribution is 0.0752. The third-order valence-corrected chi connectivity index (χ3v) is 4.38. The highest BCUT2D eigenvalue weighted by atomic mass is 35.5. The van der Waals surface area contributed by atoms with Crippen LogP contribution >= 0.6 is 11.6 Å². The number of rotatable bonds is 3. The number of hydrogen-bond donors (Lipinski definition) is 1. The van der Waals surface area contributed by atoms with Crippen molar-refractivity contribution in [2.75, 3.05) is 13.1 Å². The van der Waals surface area contributed by atoms with Crippen molar-refractivity contribution in [1.82, 2.24) is 9.47 Å². The minimum atomic E-state index is -0.350. The Kier molecular flexibility index (Phi) is 3.31. The Bertz CT molecular complexity index is 494. The number of carbonyl (C=O) groups is 1. The van der Waals surface area contributed by atoms with E-state index >= 15 is 0 Å². The number of amides is 1. The van der Waals surface area contributed by atoms with E-state index in [0.29, 0.717) is 23.3 Å². The first-order chi connectivity index (χ1) is 9.06. The van der Waals surface area contributed by atoms with Crippen LogP contribution in [0.15, 0.2) is 12.3 Å². The van der Waals surface area contributed by atoms with E-state index in [4.69, 9.17) is 11.6 Å². The van der Waals surface area contributed by atoms with Gasteiger partial charge < -0.3 is 14.6 Å². The average molecular weight is 283 g/mol. The average Bonchev–Trinajstić information content (AvgIpc) is 2.95. The van der Waals surface area contributed by atoms with Gasteiger partial charge in [0.05, 0.1) is 11.1 Å². The number of likely N-dealkylation sites (tertiary alicyclic amines) is 1. The molecule has 1 amide bonds. The number of nitrogens with zero attached hydrogens (tertiary/aromatic N) is 2. The van der Waals surface area contributed by atoms with E-state index < -0.39 is 0 Å². The number of aromatic nitrogens is 1. The Balaban J connectivity index is 1.77. The zero-order chi connectivity index (χ0) is 13.6. The molecule has 0 bridgehead atoms. The topological polar surface area (TPSA) is 45.5 Å². The van der Waals surface area contributed by atoms with Crippen molar-refractivity contribution in [2.45, 2.75) is 38.3 Å². The Labute approximate surface area is 118 Å². The summed E-state index contributed by atoms with van der Waals surface area (Å²) in [5.41, 5.74) is 0.693. The molecule has 2 aliphatic rings. The second-order valence-corrected chi connectivity index (χ2v) is 6.16. The highest BCUT2D eigenvalue weighted by Crippen LogP contribution is 2.38. The molecule has 2 unspecified atom stereocenters. The maximum absolute atomic E-state index is 12.5. The lowest BCUT2D eigenvalue weighted by atomic mass is 10.0. The van der Waals surface area contributed by atoms with Crippen molar-refractivity contribution in [1.29, 1.82) is 0 Å². The van der Waals surface area contributed by atoms with Crippen LogP contribution < -0.4 is 0 Å². The van der Waals surface area contributed by atoms with Crippen LogP contribution in [0.5, 0.6) is 0 Å². The number of aliphatic hydroxyl groups is 1. The predicted molar refractivity (Wildman–Crippen MR) is 73.4 cm³/mol. The standard InChI is InChI=1S/C14H19ClN2O2/c1-9(18)10-4-5-16(7-10)14(19)13-6-11(15)8-17(13)12-2-3-12/h6,8-10,12,18H,2-5,7H2,1H3. The molecule has 1 N–H and O–H groups in total. The fourth-order valence-electron chi connectivity index (χ4n) is 2.80. The Morgan fingerprint density at radius 2 is 2.21 bits per heavy atom. The fraction of sp³-hybridized carbons (Fsp3) is 0.643. The van der Waals surface area contributed by atoms with E-state index in [1.165, 1.54) is 0 Å².